The molecule has 1 aliphatic rings. The summed E-state index contributed by atoms with van der Waals surface area (Å²) in [6.07, 6.45) is 3.11. The largest absolute Gasteiger partial charge is 0.392 e. The van der Waals surface area contributed by atoms with Crippen LogP contribution in [0.15, 0.2) is 29.2 Å². The molecule has 1 N–H and O–H groups in total. The summed E-state index contributed by atoms with van der Waals surface area (Å²) in [5.41, 5.74) is 0. The van der Waals surface area contributed by atoms with E-state index >= 15 is 0 Å². The molecule has 0 spiro atoms. The number of piperidine rings is 1. The Balaban J connectivity index is 1.65. The van der Waals surface area contributed by atoms with Crippen LogP contribution in [0.3, 0.4) is 0 Å². The Morgan fingerprint density at radius 2 is 2.22 bits per heavy atom. The standard InChI is InChI=1S/C14H20ClNOS/c15-13-6-1-2-7-14(13)18-10-4-9-16-8-3-5-12(17)11-16/h1-2,6-7,12,17H,3-5,8-11H2. The molecule has 0 aliphatic carbocycles. The van der Waals surface area contributed by atoms with Gasteiger partial charge in [-0.3, -0.25) is 0 Å². The van der Waals surface area contributed by atoms with Crippen molar-refractivity contribution in [2.75, 3.05) is 25.4 Å². The van der Waals surface area contributed by atoms with Crippen molar-refractivity contribution in [1.29, 1.82) is 0 Å². The van der Waals surface area contributed by atoms with Gasteiger partial charge in [0.25, 0.3) is 0 Å². The van der Waals surface area contributed by atoms with E-state index in [9.17, 15) is 5.11 Å². The number of benzene rings is 1. The third-order valence-electron chi connectivity index (χ3n) is 3.19. The van der Waals surface area contributed by atoms with E-state index in [1.54, 1.807) is 0 Å². The Labute approximate surface area is 118 Å². The molecule has 2 rings (SSSR count). The van der Waals surface area contributed by atoms with Crippen LogP contribution in [0.25, 0.3) is 0 Å². The molecule has 1 aliphatic heterocycles. The Morgan fingerprint density at radius 1 is 1.39 bits per heavy atom. The van der Waals surface area contributed by atoms with Gasteiger partial charge in [0.1, 0.15) is 0 Å². The first-order valence-corrected chi connectivity index (χ1v) is 7.90. The zero-order valence-electron chi connectivity index (χ0n) is 10.5. The van der Waals surface area contributed by atoms with E-state index in [4.69, 9.17) is 11.6 Å². The predicted octanol–water partition coefficient (Wildman–Crippen LogP) is 3.28. The number of aliphatic hydroxyl groups excluding tert-OH is 1. The van der Waals surface area contributed by atoms with Crippen LogP contribution >= 0.6 is 23.4 Å². The maximum absolute atomic E-state index is 9.59. The van der Waals surface area contributed by atoms with E-state index in [0.717, 1.165) is 54.6 Å². The number of nitrogens with zero attached hydrogens (tertiary/aromatic N) is 1. The van der Waals surface area contributed by atoms with Crippen LogP contribution < -0.4 is 0 Å². The molecule has 0 amide bonds. The zero-order chi connectivity index (χ0) is 12.8. The molecule has 18 heavy (non-hydrogen) atoms. The highest BCUT2D eigenvalue weighted by Gasteiger charge is 2.16. The monoisotopic (exact) mass is 285 g/mol. The van der Waals surface area contributed by atoms with Crippen molar-refractivity contribution in [3.8, 4) is 0 Å². The van der Waals surface area contributed by atoms with Gasteiger partial charge in [0.05, 0.1) is 11.1 Å². The molecule has 1 aromatic rings. The quantitative estimate of drug-likeness (QED) is 0.663. The van der Waals surface area contributed by atoms with Crippen LogP contribution in [-0.2, 0) is 0 Å². The highest BCUT2D eigenvalue weighted by atomic mass is 35.5. The number of halogens is 1. The van der Waals surface area contributed by atoms with Gasteiger partial charge < -0.3 is 10.0 Å². The number of β-amino-alcohol motifs (C(OH)–C–C–N with tert-alkyl or cyclic N) is 1. The number of thioether (sulfide) groups is 1. The second kappa shape index (κ2) is 7.39. The summed E-state index contributed by atoms with van der Waals surface area (Å²) >= 11 is 7.92. The topological polar surface area (TPSA) is 23.5 Å². The van der Waals surface area contributed by atoms with Gasteiger partial charge in [-0.2, -0.15) is 0 Å². The van der Waals surface area contributed by atoms with Gasteiger partial charge in [-0.1, -0.05) is 23.7 Å². The summed E-state index contributed by atoms with van der Waals surface area (Å²) < 4.78 is 0. The first-order chi connectivity index (χ1) is 8.75. The smallest absolute Gasteiger partial charge is 0.0667 e. The Bertz CT molecular complexity index is 375. The van der Waals surface area contributed by atoms with Crippen molar-refractivity contribution in [2.45, 2.75) is 30.3 Å². The molecule has 0 bridgehead atoms. The minimum Gasteiger partial charge on any atom is -0.392 e. The Morgan fingerprint density at radius 3 is 3.00 bits per heavy atom. The van der Waals surface area contributed by atoms with Gasteiger partial charge in [0, 0.05) is 11.4 Å². The molecule has 1 aromatic carbocycles. The molecular formula is C14H20ClNOS. The molecule has 1 heterocycles. The van der Waals surface area contributed by atoms with Gasteiger partial charge in [-0.25, -0.2) is 0 Å². The molecule has 2 nitrogen and oxygen atoms in total. The predicted molar refractivity (Wildman–Crippen MR) is 78.5 cm³/mol. The van der Waals surface area contributed by atoms with Crippen LogP contribution in [0.2, 0.25) is 5.02 Å². The highest BCUT2D eigenvalue weighted by molar-refractivity contribution is 7.99. The minimum absolute atomic E-state index is 0.116. The lowest BCUT2D eigenvalue weighted by Gasteiger charge is -2.29. The van der Waals surface area contributed by atoms with E-state index in [0.29, 0.717) is 0 Å². The normalized spacial score (nSPS) is 21.1. The van der Waals surface area contributed by atoms with Gasteiger partial charge in [-0.15, -0.1) is 11.8 Å². The van der Waals surface area contributed by atoms with Crippen LogP contribution in [0.5, 0.6) is 0 Å². The number of aliphatic hydroxyl groups is 1. The van der Waals surface area contributed by atoms with Crippen LogP contribution in [0.1, 0.15) is 19.3 Å². The van der Waals surface area contributed by atoms with Crippen LogP contribution in [0, 0.1) is 0 Å². The molecule has 1 unspecified atom stereocenters. The van der Waals surface area contributed by atoms with Crippen molar-refractivity contribution in [2.24, 2.45) is 0 Å². The number of likely N-dealkylation sites (tertiary alicyclic amines) is 1. The molecule has 1 atom stereocenters. The van der Waals surface area contributed by atoms with Crippen LogP contribution in [-0.4, -0.2) is 41.5 Å². The summed E-state index contributed by atoms with van der Waals surface area (Å²) in [6, 6.07) is 7.99. The van der Waals surface area contributed by atoms with E-state index in [2.05, 4.69) is 11.0 Å². The summed E-state index contributed by atoms with van der Waals surface area (Å²) in [6.45, 7) is 3.05. The van der Waals surface area contributed by atoms with E-state index < -0.39 is 0 Å². The minimum atomic E-state index is -0.116. The lowest BCUT2D eigenvalue weighted by atomic mass is 10.1. The third-order valence-corrected chi connectivity index (χ3v) is 4.79. The molecule has 1 saturated heterocycles. The second-order valence-corrected chi connectivity index (χ2v) is 6.27. The number of hydrogen-bond acceptors (Lipinski definition) is 3. The van der Waals surface area contributed by atoms with E-state index in [1.807, 2.05) is 30.0 Å². The SMILES string of the molecule is OC1CCCN(CCCSc2ccccc2Cl)C1. The zero-order valence-corrected chi connectivity index (χ0v) is 12.1. The molecule has 0 radical (unpaired) electrons. The lowest BCUT2D eigenvalue weighted by molar-refractivity contribution is 0.0710. The molecule has 1 fully saturated rings. The maximum atomic E-state index is 9.59. The molecule has 0 aromatic heterocycles. The molecule has 4 heteroatoms. The Kier molecular flexibility index (Phi) is 5.83. The molecular weight excluding hydrogens is 266 g/mol. The number of hydrogen-bond donors (Lipinski definition) is 1. The first kappa shape index (κ1) is 14.2. The average Bonchev–Trinajstić information content (AvgIpc) is 2.37. The molecule has 100 valence electrons. The number of rotatable bonds is 5. The van der Waals surface area contributed by atoms with Crippen molar-refractivity contribution in [1.82, 2.24) is 4.90 Å². The third kappa shape index (κ3) is 4.47. The molecule has 0 saturated carbocycles. The summed E-state index contributed by atoms with van der Waals surface area (Å²) in [7, 11) is 0. The van der Waals surface area contributed by atoms with Gasteiger partial charge in [0.2, 0.25) is 0 Å². The fourth-order valence-corrected chi connectivity index (χ4v) is 3.44. The van der Waals surface area contributed by atoms with Crippen LogP contribution in [0.4, 0.5) is 0 Å². The van der Waals surface area contributed by atoms with Gasteiger partial charge in [-0.05, 0) is 50.2 Å². The average molecular weight is 286 g/mol. The van der Waals surface area contributed by atoms with Gasteiger partial charge in [0.15, 0.2) is 0 Å². The van der Waals surface area contributed by atoms with Crippen molar-refractivity contribution < 1.29 is 5.11 Å². The summed E-state index contributed by atoms with van der Waals surface area (Å²) in [5, 5.41) is 10.4. The lowest BCUT2D eigenvalue weighted by Crippen LogP contribution is -2.38. The highest BCUT2D eigenvalue weighted by Crippen LogP contribution is 2.27. The maximum Gasteiger partial charge on any atom is 0.0667 e. The first-order valence-electron chi connectivity index (χ1n) is 6.53. The van der Waals surface area contributed by atoms with E-state index in [-0.39, 0.29) is 6.10 Å². The van der Waals surface area contributed by atoms with Gasteiger partial charge >= 0.3 is 0 Å². The second-order valence-electron chi connectivity index (χ2n) is 4.73. The van der Waals surface area contributed by atoms with Crippen molar-refractivity contribution >= 4 is 23.4 Å². The van der Waals surface area contributed by atoms with Crippen molar-refractivity contribution in [3.05, 3.63) is 29.3 Å². The van der Waals surface area contributed by atoms with Crippen molar-refractivity contribution in [3.63, 3.8) is 0 Å². The fourth-order valence-electron chi connectivity index (χ4n) is 2.27. The Hall–Kier alpha value is -0.220. The fraction of sp³-hybridized carbons (Fsp3) is 0.571. The van der Waals surface area contributed by atoms with E-state index in [1.165, 1.54) is 0 Å². The summed E-state index contributed by atoms with van der Waals surface area (Å²) in [5.74, 6) is 1.08. The summed E-state index contributed by atoms with van der Waals surface area (Å²) in [4.78, 5) is 3.53.